The van der Waals surface area contributed by atoms with Crippen LogP contribution in [0.2, 0.25) is 0 Å². The zero-order valence-electron chi connectivity index (χ0n) is 13.3. The number of thiocarbonyl (C=S) groups is 1. The van der Waals surface area contributed by atoms with E-state index in [2.05, 4.69) is 60.7 Å². The molecule has 2 N–H and O–H groups in total. The Morgan fingerprint density at radius 3 is 2.55 bits per heavy atom. The van der Waals surface area contributed by atoms with Crippen molar-refractivity contribution in [3.05, 3.63) is 60.4 Å². The number of hydrogen-bond acceptors (Lipinski definition) is 2. The van der Waals surface area contributed by atoms with Crippen molar-refractivity contribution in [3.63, 3.8) is 0 Å². The maximum atomic E-state index is 5.37. The van der Waals surface area contributed by atoms with E-state index >= 15 is 0 Å². The van der Waals surface area contributed by atoms with Crippen LogP contribution in [0.5, 0.6) is 0 Å². The van der Waals surface area contributed by atoms with Gasteiger partial charge in [0.05, 0.1) is 11.9 Å². The number of anilines is 1. The van der Waals surface area contributed by atoms with Crippen LogP contribution in [0.4, 0.5) is 5.69 Å². The highest BCUT2D eigenvalue weighted by Gasteiger charge is 2.23. The SMILES string of the molecule is C[C@@H](CC(C)(C)c1ccccc1)NC(=S)Nc1cccnc1. The van der Waals surface area contributed by atoms with Crippen molar-refractivity contribution in [2.75, 3.05) is 5.32 Å². The predicted octanol–water partition coefficient (Wildman–Crippen LogP) is 4.12. The molecular formula is C18H23N3S. The van der Waals surface area contributed by atoms with Gasteiger partial charge in [-0.1, -0.05) is 44.2 Å². The first-order valence-electron chi connectivity index (χ1n) is 7.50. The molecule has 0 aliphatic rings. The molecule has 0 saturated heterocycles. The molecule has 1 aromatic heterocycles. The van der Waals surface area contributed by atoms with E-state index in [1.165, 1.54) is 5.56 Å². The van der Waals surface area contributed by atoms with Crippen molar-refractivity contribution in [1.82, 2.24) is 10.3 Å². The third-order valence-electron chi connectivity index (χ3n) is 3.67. The highest BCUT2D eigenvalue weighted by atomic mass is 32.1. The van der Waals surface area contributed by atoms with Crippen LogP contribution in [0.1, 0.15) is 32.8 Å². The van der Waals surface area contributed by atoms with Crippen LogP contribution < -0.4 is 10.6 Å². The van der Waals surface area contributed by atoms with Gasteiger partial charge in [0.2, 0.25) is 0 Å². The van der Waals surface area contributed by atoms with Crippen molar-refractivity contribution in [1.29, 1.82) is 0 Å². The molecule has 116 valence electrons. The molecule has 0 fully saturated rings. The summed E-state index contributed by atoms with van der Waals surface area (Å²) in [5.41, 5.74) is 2.33. The van der Waals surface area contributed by atoms with E-state index in [4.69, 9.17) is 12.2 Å². The molecule has 4 heteroatoms. The Kier molecular flexibility index (Phi) is 5.50. The fraction of sp³-hybridized carbons (Fsp3) is 0.333. The van der Waals surface area contributed by atoms with Crippen molar-refractivity contribution < 1.29 is 0 Å². The molecule has 2 rings (SSSR count). The highest BCUT2D eigenvalue weighted by Crippen LogP contribution is 2.28. The van der Waals surface area contributed by atoms with Crippen molar-refractivity contribution in [3.8, 4) is 0 Å². The highest BCUT2D eigenvalue weighted by molar-refractivity contribution is 7.80. The zero-order valence-corrected chi connectivity index (χ0v) is 14.2. The molecule has 0 aliphatic heterocycles. The summed E-state index contributed by atoms with van der Waals surface area (Å²) >= 11 is 5.37. The summed E-state index contributed by atoms with van der Waals surface area (Å²) in [4.78, 5) is 4.07. The molecule has 0 spiro atoms. The molecule has 0 aliphatic carbocycles. The van der Waals surface area contributed by atoms with E-state index in [0.717, 1.165) is 12.1 Å². The first kappa shape index (κ1) is 16.4. The predicted molar refractivity (Wildman–Crippen MR) is 97.1 cm³/mol. The normalized spacial score (nSPS) is 12.5. The quantitative estimate of drug-likeness (QED) is 0.814. The number of benzene rings is 1. The lowest BCUT2D eigenvalue weighted by Crippen LogP contribution is -2.39. The fourth-order valence-corrected chi connectivity index (χ4v) is 2.97. The van der Waals surface area contributed by atoms with Gasteiger partial charge >= 0.3 is 0 Å². The second kappa shape index (κ2) is 7.36. The molecule has 3 nitrogen and oxygen atoms in total. The summed E-state index contributed by atoms with van der Waals surface area (Å²) in [7, 11) is 0. The molecule has 0 bridgehead atoms. The van der Waals surface area contributed by atoms with Gasteiger partial charge in [-0.15, -0.1) is 0 Å². The van der Waals surface area contributed by atoms with E-state index in [9.17, 15) is 0 Å². The summed E-state index contributed by atoms with van der Waals surface area (Å²) in [5.74, 6) is 0. The summed E-state index contributed by atoms with van der Waals surface area (Å²) < 4.78 is 0. The summed E-state index contributed by atoms with van der Waals surface area (Å²) in [5, 5.41) is 7.13. The minimum atomic E-state index is 0.0948. The molecule has 1 heterocycles. The van der Waals surface area contributed by atoms with Crippen molar-refractivity contribution >= 4 is 23.0 Å². The smallest absolute Gasteiger partial charge is 0.171 e. The Morgan fingerprint density at radius 2 is 1.91 bits per heavy atom. The number of nitrogens with one attached hydrogen (secondary N) is 2. The average Bonchev–Trinajstić information content (AvgIpc) is 2.48. The lowest BCUT2D eigenvalue weighted by molar-refractivity contribution is 0.420. The number of rotatable bonds is 5. The molecule has 0 unspecified atom stereocenters. The van der Waals surface area contributed by atoms with E-state index in [0.29, 0.717) is 5.11 Å². The third-order valence-corrected chi connectivity index (χ3v) is 3.89. The van der Waals surface area contributed by atoms with Crippen LogP contribution in [0.3, 0.4) is 0 Å². The fourth-order valence-electron chi connectivity index (χ4n) is 2.65. The van der Waals surface area contributed by atoms with Crippen LogP contribution in [-0.2, 0) is 5.41 Å². The Labute approximate surface area is 138 Å². The van der Waals surface area contributed by atoms with Gasteiger partial charge in [0.15, 0.2) is 5.11 Å². The lowest BCUT2D eigenvalue weighted by atomic mass is 9.79. The monoisotopic (exact) mass is 313 g/mol. The number of pyridine rings is 1. The van der Waals surface area contributed by atoms with Crippen molar-refractivity contribution in [2.24, 2.45) is 0 Å². The summed E-state index contributed by atoms with van der Waals surface area (Å²) in [6.07, 6.45) is 4.49. The Hall–Kier alpha value is -1.94. The Balaban J connectivity index is 1.89. The average molecular weight is 313 g/mol. The second-order valence-corrected chi connectivity index (χ2v) is 6.60. The molecular weight excluding hydrogens is 290 g/mol. The lowest BCUT2D eigenvalue weighted by Gasteiger charge is -2.29. The minimum absolute atomic E-state index is 0.0948. The van der Waals surface area contributed by atoms with Gasteiger partial charge in [0.1, 0.15) is 0 Å². The number of aromatic nitrogens is 1. The third kappa shape index (κ3) is 4.81. The largest absolute Gasteiger partial charge is 0.360 e. The van der Waals surface area contributed by atoms with Crippen molar-refractivity contribution in [2.45, 2.75) is 38.6 Å². The second-order valence-electron chi connectivity index (χ2n) is 6.20. The summed E-state index contributed by atoms with van der Waals surface area (Å²) in [6, 6.07) is 14.7. The van der Waals surface area contributed by atoms with E-state index in [1.807, 2.05) is 18.2 Å². The maximum absolute atomic E-state index is 5.37. The van der Waals surface area contributed by atoms with Gasteiger partial charge in [-0.3, -0.25) is 4.98 Å². The van der Waals surface area contributed by atoms with Gasteiger partial charge in [-0.2, -0.15) is 0 Å². The Morgan fingerprint density at radius 1 is 1.18 bits per heavy atom. The standard InChI is InChI=1S/C18H23N3S/c1-14(12-18(2,3)15-8-5-4-6-9-15)20-17(22)21-16-10-7-11-19-13-16/h4-11,13-14H,12H2,1-3H3,(H2,20,21,22)/t14-/m0/s1. The molecule has 1 atom stereocenters. The molecule has 1 aromatic carbocycles. The first-order valence-corrected chi connectivity index (χ1v) is 7.91. The van der Waals surface area contributed by atoms with Gasteiger partial charge in [0, 0.05) is 12.2 Å². The van der Waals surface area contributed by atoms with Crippen LogP contribution in [0.25, 0.3) is 0 Å². The number of hydrogen-bond donors (Lipinski definition) is 2. The molecule has 22 heavy (non-hydrogen) atoms. The Bertz CT molecular complexity index is 596. The maximum Gasteiger partial charge on any atom is 0.171 e. The van der Waals surface area contributed by atoms with Gasteiger partial charge in [-0.25, -0.2) is 0 Å². The van der Waals surface area contributed by atoms with Gasteiger partial charge in [0.25, 0.3) is 0 Å². The summed E-state index contributed by atoms with van der Waals surface area (Å²) in [6.45, 7) is 6.68. The molecule has 0 radical (unpaired) electrons. The molecule has 0 amide bonds. The van der Waals surface area contributed by atoms with Crippen LogP contribution in [0.15, 0.2) is 54.9 Å². The van der Waals surface area contributed by atoms with Crippen LogP contribution >= 0.6 is 12.2 Å². The minimum Gasteiger partial charge on any atom is -0.360 e. The van der Waals surface area contributed by atoms with E-state index in [-0.39, 0.29) is 11.5 Å². The first-order chi connectivity index (χ1) is 10.5. The van der Waals surface area contributed by atoms with E-state index < -0.39 is 0 Å². The van der Waals surface area contributed by atoms with Crippen LogP contribution in [0, 0.1) is 0 Å². The van der Waals surface area contributed by atoms with E-state index in [1.54, 1.807) is 12.4 Å². The van der Waals surface area contributed by atoms with Crippen LogP contribution in [-0.4, -0.2) is 16.1 Å². The zero-order chi connectivity index (χ0) is 16.0. The molecule has 0 saturated carbocycles. The van der Waals surface area contributed by atoms with Gasteiger partial charge < -0.3 is 10.6 Å². The van der Waals surface area contributed by atoms with Gasteiger partial charge in [-0.05, 0) is 48.7 Å². The number of nitrogens with zero attached hydrogens (tertiary/aromatic N) is 1. The topological polar surface area (TPSA) is 37.0 Å². The molecule has 2 aromatic rings.